The molecule has 0 unspecified atom stereocenters. The number of nitrogens with zero attached hydrogens (tertiary/aromatic N) is 1. The standard InChI is InChI=1S/C29H21BrCl2N2O5/c1-37-24-9-5-19(6-10-24)29(36)39-27-13-7-22(30)14-21(27)16-33-34-28(35)18-3-11-25(12-4-18)38-17-20-2-8-23(31)15-26(20)32/h2-16H,17H2,1H3,(H,34,35)/b33-16-. The second-order valence-corrected chi connectivity index (χ2v) is 9.81. The molecule has 4 aromatic rings. The maximum atomic E-state index is 12.6. The van der Waals surface area contributed by atoms with Gasteiger partial charge in [0, 0.05) is 31.2 Å². The van der Waals surface area contributed by atoms with Crippen LogP contribution in [0.1, 0.15) is 31.8 Å². The molecule has 0 aliphatic carbocycles. The zero-order valence-electron chi connectivity index (χ0n) is 20.5. The van der Waals surface area contributed by atoms with Crippen molar-refractivity contribution < 1.29 is 23.8 Å². The van der Waals surface area contributed by atoms with Crippen LogP contribution in [-0.2, 0) is 6.61 Å². The first kappa shape index (κ1) is 28.2. The van der Waals surface area contributed by atoms with Crippen molar-refractivity contribution in [1.82, 2.24) is 5.43 Å². The predicted molar refractivity (Wildman–Crippen MR) is 154 cm³/mol. The van der Waals surface area contributed by atoms with Gasteiger partial charge in [-0.15, -0.1) is 0 Å². The maximum Gasteiger partial charge on any atom is 0.343 e. The van der Waals surface area contributed by atoms with Gasteiger partial charge in [0.2, 0.25) is 0 Å². The summed E-state index contributed by atoms with van der Waals surface area (Å²) in [4.78, 5) is 25.2. The lowest BCUT2D eigenvalue weighted by Gasteiger charge is -2.09. The number of hydrazone groups is 1. The summed E-state index contributed by atoms with van der Waals surface area (Å²) in [6.07, 6.45) is 1.40. The lowest BCUT2D eigenvalue weighted by atomic mass is 10.2. The summed E-state index contributed by atoms with van der Waals surface area (Å²) in [7, 11) is 1.55. The number of hydrogen-bond acceptors (Lipinski definition) is 6. The van der Waals surface area contributed by atoms with Crippen LogP contribution in [0.5, 0.6) is 17.2 Å². The summed E-state index contributed by atoms with van der Waals surface area (Å²) in [5, 5.41) is 5.09. The van der Waals surface area contributed by atoms with Crippen molar-refractivity contribution in [1.29, 1.82) is 0 Å². The average molecular weight is 628 g/mol. The van der Waals surface area contributed by atoms with Gasteiger partial charge >= 0.3 is 5.97 Å². The highest BCUT2D eigenvalue weighted by Gasteiger charge is 2.12. The minimum Gasteiger partial charge on any atom is -0.497 e. The van der Waals surface area contributed by atoms with Crippen molar-refractivity contribution >= 4 is 57.2 Å². The number of benzene rings is 4. The van der Waals surface area contributed by atoms with Crippen molar-refractivity contribution in [2.24, 2.45) is 5.10 Å². The second-order valence-electron chi connectivity index (χ2n) is 8.05. The third kappa shape index (κ3) is 7.83. The fourth-order valence-corrected chi connectivity index (χ4v) is 4.17. The molecule has 0 aromatic heterocycles. The number of nitrogens with one attached hydrogen (secondary N) is 1. The van der Waals surface area contributed by atoms with Crippen LogP contribution in [0.15, 0.2) is 94.5 Å². The first-order valence-electron chi connectivity index (χ1n) is 11.5. The minimum atomic E-state index is -0.542. The Kier molecular flexibility index (Phi) is 9.59. The Hall–Kier alpha value is -3.85. The molecule has 39 heavy (non-hydrogen) atoms. The van der Waals surface area contributed by atoms with Gasteiger partial charge in [-0.2, -0.15) is 5.10 Å². The fraction of sp³-hybridized carbons (Fsp3) is 0.0690. The van der Waals surface area contributed by atoms with E-state index < -0.39 is 11.9 Å². The normalized spacial score (nSPS) is 10.8. The molecule has 1 N–H and O–H groups in total. The number of hydrogen-bond donors (Lipinski definition) is 1. The molecule has 4 aromatic carbocycles. The summed E-state index contributed by atoms with van der Waals surface area (Å²) in [6.45, 7) is 0.254. The number of rotatable bonds is 9. The van der Waals surface area contributed by atoms with Crippen LogP contribution in [0.3, 0.4) is 0 Å². The van der Waals surface area contributed by atoms with Crippen LogP contribution in [-0.4, -0.2) is 25.2 Å². The van der Waals surface area contributed by atoms with Crippen LogP contribution >= 0.6 is 39.1 Å². The summed E-state index contributed by atoms with van der Waals surface area (Å²) < 4.78 is 17.2. The molecule has 0 aliphatic heterocycles. The highest BCUT2D eigenvalue weighted by atomic mass is 79.9. The molecule has 10 heteroatoms. The van der Waals surface area contributed by atoms with E-state index in [1.54, 1.807) is 92.0 Å². The second kappa shape index (κ2) is 13.3. The molecule has 0 spiro atoms. The lowest BCUT2D eigenvalue weighted by molar-refractivity contribution is 0.0734. The number of halogens is 3. The predicted octanol–water partition coefficient (Wildman–Crippen LogP) is 7.33. The lowest BCUT2D eigenvalue weighted by Crippen LogP contribution is -2.17. The Bertz CT molecular complexity index is 1510. The van der Waals surface area contributed by atoms with E-state index in [9.17, 15) is 9.59 Å². The number of methoxy groups -OCH3 is 1. The van der Waals surface area contributed by atoms with Gasteiger partial charge in [0.05, 0.1) is 18.9 Å². The number of esters is 1. The largest absolute Gasteiger partial charge is 0.497 e. The van der Waals surface area contributed by atoms with Gasteiger partial charge < -0.3 is 14.2 Å². The molecule has 4 rings (SSSR count). The summed E-state index contributed by atoms with van der Waals surface area (Å²) in [5.74, 6) is 0.506. The third-order valence-corrected chi connectivity index (χ3v) is 6.48. The SMILES string of the molecule is COc1ccc(C(=O)Oc2ccc(Br)cc2/C=N\NC(=O)c2ccc(OCc3ccc(Cl)cc3Cl)cc2)cc1. The van der Waals surface area contributed by atoms with E-state index >= 15 is 0 Å². The molecule has 0 radical (unpaired) electrons. The number of carbonyl (C=O) groups excluding carboxylic acids is 2. The molecule has 0 aliphatic rings. The van der Waals surface area contributed by atoms with Crippen LogP contribution in [0.4, 0.5) is 0 Å². The van der Waals surface area contributed by atoms with Crippen molar-refractivity contribution in [3.8, 4) is 17.2 Å². The molecule has 0 fully saturated rings. The van der Waals surface area contributed by atoms with Crippen molar-refractivity contribution in [2.75, 3.05) is 7.11 Å². The molecule has 1 amide bonds. The Morgan fingerprint density at radius 3 is 2.28 bits per heavy atom. The van der Waals surface area contributed by atoms with E-state index in [1.165, 1.54) is 6.21 Å². The molecule has 7 nitrogen and oxygen atoms in total. The highest BCUT2D eigenvalue weighted by Crippen LogP contribution is 2.24. The maximum absolute atomic E-state index is 12.6. The first-order chi connectivity index (χ1) is 18.8. The van der Waals surface area contributed by atoms with E-state index in [2.05, 4.69) is 26.5 Å². The fourth-order valence-electron chi connectivity index (χ4n) is 3.33. The van der Waals surface area contributed by atoms with E-state index in [4.69, 9.17) is 37.4 Å². The molecule has 0 bridgehead atoms. The Balaban J connectivity index is 1.36. The Labute approximate surface area is 243 Å². The average Bonchev–Trinajstić information content (AvgIpc) is 2.94. The highest BCUT2D eigenvalue weighted by molar-refractivity contribution is 9.10. The van der Waals surface area contributed by atoms with E-state index in [1.807, 2.05) is 0 Å². The molecule has 0 atom stereocenters. The first-order valence-corrected chi connectivity index (χ1v) is 13.0. The van der Waals surface area contributed by atoms with Crippen molar-refractivity contribution in [2.45, 2.75) is 6.61 Å². The van der Waals surface area contributed by atoms with Gasteiger partial charge in [0.25, 0.3) is 5.91 Å². The van der Waals surface area contributed by atoms with Gasteiger partial charge in [-0.1, -0.05) is 45.2 Å². The molecule has 0 saturated heterocycles. The van der Waals surface area contributed by atoms with Gasteiger partial charge in [-0.25, -0.2) is 10.2 Å². The molecule has 198 valence electrons. The molecule has 0 heterocycles. The van der Waals surface area contributed by atoms with E-state index in [0.29, 0.717) is 38.2 Å². The summed E-state index contributed by atoms with van der Waals surface area (Å²) in [6, 6.07) is 23.4. The third-order valence-electron chi connectivity index (χ3n) is 5.40. The van der Waals surface area contributed by atoms with Crippen molar-refractivity contribution in [3.05, 3.63) is 122 Å². The van der Waals surface area contributed by atoms with E-state index in [0.717, 1.165) is 10.0 Å². The number of amides is 1. The zero-order chi connectivity index (χ0) is 27.8. The molecular formula is C29H21BrCl2N2O5. The quantitative estimate of drug-likeness (QED) is 0.0909. The minimum absolute atomic E-state index is 0.254. The number of ether oxygens (including phenoxy) is 3. The van der Waals surface area contributed by atoms with Crippen LogP contribution in [0.25, 0.3) is 0 Å². The van der Waals surface area contributed by atoms with Gasteiger partial charge in [0.1, 0.15) is 23.9 Å². The zero-order valence-corrected chi connectivity index (χ0v) is 23.6. The van der Waals surface area contributed by atoms with E-state index in [-0.39, 0.29) is 12.4 Å². The smallest absolute Gasteiger partial charge is 0.343 e. The molecule has 0 saturated carbocycles. The monoisotopic (exact) mass is 626 g/mol. The van der Waals surface area contributed by atoms with Gasteiger partial charge in [-0.05, 0) is 78.9 Å². The Morgan fingerprint density at radius 1 is 0.897 bits per heavy atom. The Morgan fingerprint density at radius 2 is 1.59 bits per heavy atom. The molecular weight excluding hydrogens is 607 g/mol. The summed E-state index contributed by atoms with van der Waals surface area (Å²) >= 11 is 15.5. The summed E-state index contributed by atoms with van der Waals surface area (Å²) in [5.41, 5.74) is 4.48. The van der Waals surface area contributed by atoms with Crippen LogP contribution in [0.2, 0.25) is 10.0 Å². The van der Waals surface area contributed by atoms with Crippen LogP contribution < -0.4 is 19.6 Å². The van der Waals surface area contributed by atoms with Crippen molar-refractivity contribution in [3.63, 3.8) is 0 Å². The number of carbonyl (C=O) groups is 2. The van der Waals surface area contributed by atoms with Gasteiger partial charge in [0.15, 0.2) is 0 Å². The van der Waals surface area contributed by atoms with Gasteiger partial charge in [-0.3, -0.25) is 4.79 Å². The topological polar surface area (TPSA) is 86.2 Å². The van der Waals surface area contributed by atoms with Crippen LogP contribution in [0, 0.1) is 0 Å².